The Kier molecular flexibility index (Phi) is 5.98. The number of halogens is 1. The molecule has 8 rings (SSSR count). The standard InChI is InChI=1S/C29H28IN7O3S/c1-16-14-41-28(32-16)29(15-36-26(38)17-6-2-3-7-18(17)27(36)39)19-9-10-35(13-20(19)29)21-12-31-23-24(30)34-37(25(23)33-21)22-8-4-5-11-40-22/h2-3,6-7,12,14,19-20,22H,4-5,8-11,13,15H2,1H3. The second-order valence-corrected chi connectivity index (χ2v) is 13.4. The molecule has 6 heterocycles. The topological polar surface area (TPSA) is 106 Å². The van der Waals surface area contributed by atoms with Crippen LogP contribution < -0.4 is 4.90 Å². The number of aromatic nitrogens is 5. The minimum Gasteiger partial charge on any atom is -0.356 e. The summed E-state index contributed by atoms with van der Waals surface area (Å²) in [5.74, 6) is 0.995. The number of anilines is 1. The smallest absolute Gasteiger partial charge is 0.261 e. The van der Waals surface area contributed by atoms with Crippen molar-refractivity contribution in [2.24, 2.45) is 11.8 Å². The normalized spacial score (nSPS) is 27.4. The molecule has 4 unspecified atom stereocenters. The van der Waals surface area contributed by atoms with Gasteiger partial charge in [0.1, 0.15) is 16.3 Å². The van der Waals surface area contributed by atoms with Crippen LogP contribution >= 0.6 is 33.9 Å². The van der Waals surface area contributed by atoms with Crippen molar-refractivity contribution in [1.82, 2.24) is 29.6 Å². The summed E-state index contributed by atoms with van der Waals surface area (Å²) in [4.78, 5) is 45.3. The molecule has 4 aliphatic rings. The van der Waals surface area contributed by atoms with Crippen LogP contribution in [0.3, 0.4) is 0 Å². The van der Waals surface area contributed by atoms with Gasteiger partial charge in [-0.05, 0) is 79.2 Å². The average Bonchev–Trinajstić information content (AvgIpc) is 3.22. The second-order valence-electron chi connectivity index (χ2n) is 11.5. The van der Waals surface area contributed by atoms with Crippen LogP contribution in [0.1, 0.15) is 63.3 Å². The zero-order chi connectivity index (χ0) is 27.9. The summed E-state index contributed by atoms with van der Waals surface area (Å²) in [5, 5.41) is 7.82. The number of carbonyl (C=O) groups is 2. The molecule has 41 heavy (non-hydrogen) atoms. The summed E-state index contributed by atoms with van der Waals surface area (Å²) in [7, 11) is 0. The Morgan fingerprint density at radius 1 is 1.10 bits per heavy atom. The van der Waals surface area contributed by atoms with Crippen LogP contribution in [0.5, 0.6) is 0 Å². The molecule has 1 saturated carbocycles. The molecule has 0 bridgehead atoms. The third-order valence-corrected chi connectivity index (χ3v) is 11.1. The number of piperidine rings is 1. The number of aryl methyl sites for hydroxylation is 1. The molecule has 4 aromatic rings. The van der Waals surface area contributed by atoms with Crippen molar-refractivity contribution in [1.29, 1.82) is 0 Å². The first-order valence-corrected chi connectivity index (χ1v) is 16.1. The van der Waals surface area contributed by atoms with E-state index in [1.807, 2.05) is 29.9 Å². The number of amides is 2. The molecule has 10 nitrogen and oxygen atoms in total. The van der Waals surface area contributed by atoms with Crippen molar-refractivity contribution < 1.29 is 14.3 Å². The molecule has 1 aromatic carbocycles. The summed E-state index contributed by atoms with van der Waals surface area (Å²) >= 11 is 3.86. The van der Waals surface area contributed by atoms with Crippen molar-refractivity contribution in [3.8, 4) is 0 Å². The van der Waals surface area contributed by atoms with E-state index in [0.717, 1.165) is 76.8 Å². The molecular weight excluding hydrogens is 653 g/mol. The van der Waals surface area contributed by atoms with Gasteiger partial charge in [0.2, 0.25) is 0 Å². The van der Waals surface area contributed by atoms with Crippen LogP contribution in [0, 0.1) is 22.5 Å². The Labute approximate surface area is 254 Å². The fourth-order valence-electron chi connectivity index (χ4n) is 7.15. The zero-order valence-electron chi connectivity index (χ0n) is 22.5. The number of fused-ring (bicyclic) bond motifs is 3. The van der Waals surface area contributed by atoms with Crippen molar-refractivity contribution in [3.05, 3.63) is 61.4 Å². The van der Waals surface area contributed by atoms with Gasteiger partial charge in [-0.15, -0.1) is 11.3 Å². The first-order chi connectivity index (χ1) is 20.0. The van der Waals surface area contributed by atoms with E-state index in [0.29, 0.717) is 23.6 Å². The number of imide groups is 1. The van der Waals surface area contributed by atoms with Gasteiger partial charge in [0.25, 0.3) is 11.8 Å². The highest BCUT2D eigenvalue weighted by atomic mass is 127. The summed E-state index contributed by atoms with van der Waals surface area (Å²) in [6.07, 6.45) is 5.75. The Balaban J connectivity index is 1.11. The maximum Gasteiger partial charge on any atom is 0.261 e. The molecule has 210 valence electrons. The van der Waals surface area contributed by atoms with Gasteiger partial charge in [-0.25, -0.2) is 19.6 Å². The van der Waals surface area contributed by atoms with E-state index in [1.54, 1.807) is 23.5 Å². The molecule has 1 aliphatic carbocycles. The maximum absolute atomic E-state index is 13.4. The molecule has 0 spiro atoms. The molecule has 2 amide bonds. The van der Waals surface area contributed by atoms with Crippen LogP contribution in [0.15, 0.2) is 35.8 Å². The fourth-order valence-corrected chi connectivity index (χ4v) is 8.88. The maximum atomic E-state index is 13.4. The lowest BCUT2D eigenvalue weighted by atomic mass is 10.0. The number of hydrogen-bond acceptors (Lipinski definition) is 9. The average molecular weight is 682 g/mol. The molecule has 2 saturated heterocycles. The van der Waals surface area contributed by atoms with E-state index in [1.165, 1.54) is 4.90 Å². The van der Waals surface area contributed by atoms with Gasteiger partial charge >= 0.3 is 0 Å². The van der Waals surface area contributed by atoms with Gasteiger partial charge in [0, 0.05) is 42.7 Å². The molecule has 0 radical (unpaired) electrons. The van der Waals surface area contributed by atoms with Crippen LogP contribution in [-0.4, -0.2) is 67.7 Å². The third kappa shape index (κ3) is 3.89. The molecule has 4 atom stereocenters. The Bertz CT molecular complexity index is 1680. The molecular formula is C29H28IN7O3S. The van der Waals surface area contributed by atoms with E-state index in [4.69, 9.17) is 24.8 Å². The highest BCUT2D eigenvalue weighted by molar-refractivity contribution is 14.1. The zero-order valence-corrected chi connectivity index (χ0v) is 25.5. The second kappa shape index (κ2) is 9.53. The fraction of sp³-hybridized carbons (Fsp3) is 0.448. The predicted octanol–water partition coefficient (Wildman–Crippen LogP) is 4.59. The minimum atomic E-state index is -0.355. The number of carbonyl (C=O) groups excluding carboxylic acids is 2. The van der Waals surface area contributed by atoms with E-state index in [9.17, 15) is 9.59 Å². The SMILES string of the molecule is Cc1csc(C2(CN3C(=O)c4ccccc4C3=O)C3CCN(c4cnc5c(I)nn(C6CCCCO6)c5n4)CC32)n1. The first-order valence-electron chi connectivity index (χ1n) is 14.1. The molecule has 12 heteroatoms. The minimum absolute atomic E-state index is 0.117. The Hall–Kier alpha value is -2.97. The third-order valence-electron chi connectivity index (χ3n) is 9.24. The number of ether oxygens (including phenoxy) is 1. The molecule has 3 fully saturated rings. The number of nitrogens with zero attached hydrogens (tertiary/aromatic N) is 7. The van der Waals surface area contributed by atoms with Gasteiger partial charge in [0.15, 0.2) is 15.6 Å². The summed E-state index contributed by atoms with van der Waals surface area (Å²) in [6, 6.07) is 7.12. The lowest BCUT2D eigenvalue weighted by Crippen LogP contribution is -2.39. The number of thiazole rings is 1. The first kappa shape index (κ1) is 25.7. The van der Waals surface area contributed by atoms with E-state index >= 15 is 0 Å². The molecule has 3 aromatic heterocycles. The highest BCUT2D eigenvalue weighted by Gasteiger charge is 2.69. The summed E-state index contributed by atoms with van der Waals surface area (Å²) < 4.78 is 8.76. The Morgan fingerprint density at radius 2 is 1.90 bits per heavy atom. The number of rotatable bonds is 5. The van der Waals surface area contributed by atoms with Crippen LogP contribution in [0.4, 0.5) is 5.82 Å². The monoisotopic (exact) mass is 681 g/mol. The molecule has 3 aliphatic heterocycles. The summed E-state index contributed by atoms with van der Waals surface area (Å²) in [5.41, 5.74) is 3.14. The van der Waals surface area contributed by atoms with Gasteiger partial charge in [-0.2, -0.15) is 5.10 Å². The predicted molar refractivity (Wildman–Crippen MR) is 161 cm³/mol. The number of benzene rings is 1. The largest absolute Gasteiger partial charge is 0.356 e. The Morgan fingerprint density at radius 3 is 2.61 bits per heavy atom. The van der Waals surface area contributed by atoms with E-state index in [-0.39, 0.29) is 29.4 Å². The van der Waals surface area contributed by atoms with Crippen molar-refractivity contribution in [2.75, 3.05) is 31.1 Å². The van der Waals surface area contributed by atoms with Crippen molar-refractivity contribution in [2.45, 2.75) is 44.2 Å². The van der Waals surface area contributed by atoms with Crippen LogP contribution in [0.2, 0.25) is 0 Å². The van der Waals surface area contributed by atoms with Crippen LogP contribution in [0.25, 0.3) is 11.2 Å². The lowest BCUT2D eigenvalue weighted by Gasteiger charge is -2.27. The van der Waals surface area contributed by atoms with E-state index in [2.05, 4.69) is 32.9 Å². The van der Waals surface area contributed by atoms with E-state index < -0.39 is 0 Å². The van der Waals surface area contributed by atoms with Gasteiger partial charge in [-0.1, -0.05) is 12.1 Å². The lowest BCUT2D eigenvalue weighted by molar-refractivity contribution is -0.0372. The van der Waals surface area contributed by atoms with Crippen molar-refractivity contribution >= 4 is 62.7 Å². The van der Waals surface area contributed by atoms with Gasteiger partial charge < -0.3 is 9.64 Å². The number of hydrogen-bond donors (Lipinski definition) is 0. The van der Waals surface area contributed by atoms with Gasteiger partial charge in [0.05, 0.1) is 17.3 Å². The quantitative estimate of drug-likeness (QED) is 0.223. The van der Waals surface area contributed by atoms with Crippen molar-refractivity contribution in [3.63, 3.8) is 0 Å². The van der Waals surface area contributed by atoms with Gasteiger partial charge in [-0.3, -0.25) is 14.5 Å². The molecule has 0 N–H and O–H groups in total. The summed E-state index contributed by atoms with van der Waals surface area (Å²) in [6.45, 7) is 4.67. The highest BCUT2D eigenvalue weighted by Crippen LogP contribution is 2.64. The van der Waals surface area contributed by atoms with Crippen LogP contribution in [-0.2, 0) is 10.2 Å².